The fourth-order valence-electron chi connectivity index (χ4n) is 3.63. The maximum Gasteiger partial charge on any atom is 0.0406 e. The third kappa shape index (κ3) is 2.63. The van der Waals surface area contributed by atoms with Crippen LogP contribution in [0.3, 0.4) is 0 Å². The predicted molar refractivity (Wildman–Crippen MR) is 80.6 cm³/mol. The smallest absolute Gasteiger partial charge is 0.0406 e. The maximum atomic E-state index is 3.53. The van der Waals surface area contributed by atoms with Crippen molar-refractivity contribution in [2.45, 2.75) is 19.4 Å². The van der Waals surface area contributed by atoms with Crippen LogP contribution in [0.1, 0.15) is 18.4 Å². The number of nitrogens with zero attached hydrogens (tertiary/aromatic N) is 2. The second-order valence-corrected chi connectivity index (χ2v) is 6.41. The standard InChI is InChI=1S/C16H25N3/c1-18(2)15-6-4-3-5-14(15)11-19-10-8-16(13-19)7-9-17-12-16/h3-6,17H,7-13H2,1-2H3. The largest absolute Gasteiger partial charge is 0.377 e. The first-order chi connectivity index (χ1) is 9.19. The van der Waals surface area contributed by atoms with Gasteiger partial charge in [0.2, 0.25) is 0 Å². The number of benzene rings is 1. The summed E-state index contributed by atoms with van der Waals surface area (Å²) in [7, 11) is 4.26. The van der Waals surface area contributed by atoms with Crippen LogP contribution in [-0.4, -0.2) is 45.2 Å². The zero-order valence-corrected chi connectivity index (χ0v) is 12.2. The molecule has 19 heavy (non-hydrogen) atoms. The molecule has 3 heteroatoms. The Kier molecular flexibility index (Phi) is 3.50. The molecule has 0 amide bonds. The Labute approximate surface area is 116 Å². The molecule has 1 N–H and O–H groups in total. The lowest BCUT2D eigenvalue weighted by atomic mass is 9.86. The molecule has 2 aliphatic rings. The molecule has 104 valence electrons. The minimum Gasteiger partial charge on any atom is -0.377 e. The Morgan fingerprint density at radius 2 is 2.11 bits per heavy atom. The molecule has 0 aliphatic carbocycles. The molecule has 2 fully saturated rings. The van der Waals surface area contributed by atoms with Crippen LogP contribution in [0.4, 0.5) is 5.69 Å². The fraction of sp³-hybridized carbons (Fsp3) is 0.625. The number of hydrogen-bond donors (Lipinski definition) is 1. The minimum absolute atomic E-state index is 0.576. The summed E-state index contributed by atoms with van der Waals surface area (Å²) in [5.41, 5.74) is 3.39. The van der Waals surface area contributed by atoms with E-state index in [-0.39, 0.29) is 0 Å². The summed E-state index contributed by atoms with van der Waals surface area (Å²) in [6.07, 6.45) is 2.73. The van der Waals surface area contributed by atoms with Crippen LogP contribution < -0.4 is 10.2 Å². The van der Waals surface area contributed by atoms with Crippen LogP contribution >= 0.6 is 0 Å². The van der Waals surface area contributed by atoms with Crippen molar-refractivity contribution in [3.8, 4) is 0 Å². The molecule has 1 atom stereocenters. The number of likely N-dealkylation sites (tertiary alicyclic amines) is 1. The molecule has 2 saturated heterocycles. The molecule has 0 aromatic heterocycles. The zero-order valence-electron chi connectivity index (χ0n) is 12.2. The van der Waals surface area contributed by atoms with E-state index < -0.39 is 0 Å². The average Bonchev–Trinajstić information content (AvgIpc) is 3.01. The van der Waals surface area contributed by atoms with E-state index in [0.717, 1.165) is 6.54 Å². The van der Waals surface area contributed by atoms with Gasteiger partial charge in [-0.2, -0.15) is 0 Å². The van der Waals surface area contributed by atoms with Crippen LogP contribution in [0.5, 0.6) is 0 Å². The number of anilines is 1. The average molecular weight is 259 g/mol. The molecule has 3 rings (SSSR count). The lowest BCUT2D eigenvalue weighted by Crippen LogP contribution is -2.29. The first-order valence-electron chi connectivity index (χ1n) is 7.37. The van der Waals surface area contributed by atoms with Crippen molar-refractivity contribution >= 4 is 5.69 Å². The monoisotopic (exact) mass is 259 g/mol. The van der Waals surface area contributed by atoms with Gasteiger partial charge in [-0.15, -0.1) is 0 Å². The molecule has 3 nitrogen and oxygen atoms in total. The third-order valence-corrected chi connectivity index (χ3v) is 4.72. The second kappa shape index (κ2) is 5.14. The summed E-state index contributed by atoms with van der Waals surface area (Å²) in [5, 5.41) is 3.53. The van der Waals surface area contributed by atoms with Gasteiger partial charge < -0.3 is 10.2 Å². The third-order valence-electron chi connectivity index (χ3n) is 4.72. The van der Waals surface area contributed by atoms with Crippen LogP contribution in [0.15, 0.2) is 24.3 Å². The van der Waals surface area contributed by atoms with Crippen LogP contribution in [-0.2, 0) is 6.54 Å². The van der Waals surface area contributed by atoms with Gasteiger partial charge >= 0.3 is 0 Å². The highest BCUT2D eigenvalue weighted by Crippen LogP contribution is 2.37. The van der Waals surface area contributed by atoms with E-state index in [1.54, 1.807) is 0 Å². The van der Waals surface area contributed by atoms with E-state index in [9.17, 15) is 0 Å². The molecule has 0 saturated carbocycles. The van der Waals surface area contributed by atoms with Crippen LogP contribution in [0, 0.1) is 5.41 Å². The van der Waals surface area contributed by atoms with Gasteiger partial charge in [-0.25, -0.2) is 0 Å². The molecule has 2 aliphatic heterocycles. The van der Waals surface area contributed by atoms with E-state index in [1.165, 1.54) is 50.3 Å². The highest BCUT2D eigenvalue weighted by molar-refractivity contribution is 5.52. The van der Waals surface area contributed by atoms with Crippen molar-refractivity contribution in [2.24, 2.45) is 5.41 Å². The second-order valence-electron chi connectivity index (χ2n) is 6.41. The number of para-hydroxylation sites is 1. The van der Waals surface area contributed by atoms with E-state index in [4.69, 9.17) is 0 Å². The van der Waals surface area contributed by atoms with Gasteiger partial charge in [-0.3, -0.25) is 4.90 Å². The van der Waals surface area contributed by atoms with Gasteiger partial charge in [0.15, 0.2) is 0 Å². The van der Waals surface area contributed by atoms with E-state index in [2.05, 4.69) is 53.5 Å². The molecule has 1 spiro atoms. The van der Waals surface area contributed by atoms with Crippen molar-refractivity contribution in [1.29, 1.82) is 0 Å². The van der Waals surface area contributed by atoms with Gasteiger partial charge in [0, 0.05) is 39.4 Å². The molecular formula is C16H25N3. The van der Waals surface area contributed by atoms with E-state index in [1.807, 2.05) is 0 Å². The summed E-state index contributed by atoms with van der Waals surface area (Å²) in [5.74, 6) is 0. The number of hydrogen-bond acceptors (Lipinski definition) is 3. The Hall–Kier alpha value is -1.06. The molecule has 1 aromatic carbocycles. The maximum absolute atomic E-state index is 3.53. The molecule has 0 radical (unpaired) electrons. The lowest BCUT2D eigenvalue weighted by Gasteiger charge is -2.24. The van der Waals surface area contributed by atoms with Gasteiger partial charge in [-0.1, -0.05) is 18.2 Å². The Balaban J connectivity index is 1.69. The van der Waals surface area contributed by atoms with Crippen molar-refractivity contribution in [2.75, 3.05) is 45.2 Å². The minimum atomic E-state index is 0.576. The highest BCUT2D eigenvalue weighted by Gasteiger charge is 2.40. The Morgan fingerprint density at radius 1 is 1.26 bits per heavy atom. The lowest BCUT2D eigenvalue weighted by molar-refractivity contribution is 0.269. The molecule has 1 aromatic rings. The summed E-state index contributed by atoms with van der Waals surface area (Å²) >= 11 is 0. The van der Waals surface area contributed by atoms with E-state index >= 15 is 0 Å². The quantitative estimate of drug-likeness (QED) is 0.895. The summed E-state index contributed by atoms with van der Waals surface area (Å²) in [6, 6.07) is 8.78. The van der Waals surface area contributed by atoms with Crippen molar-refractivity contribution in [3.63, 3.8) is 0 Å². The van der Waals surface area contributed by atoms with Gasteiger partial charge in [0.1, 0.15) is 0 Å². The molecule has 0 bridgehead atoms. The normalized spacial score (nSPS) is 27.3. The zero-order chi connectivity index (χ0) is 13.3. The van der Waals surface area contributed by atoms with Crippen molar-refractivity contribution in [3.05, 3.63) is 29.8 Å². The highest BCUT2D eigenvalue weighted by atomic mass is 15.2. The summed E-state index contributed by atoms with van der Waals surface area (Å²) < 4.78 is 0. The first kappa shape index (κ1) is 12.9. The molecule has 1 unspecified atom stereocenters. The topological polar surface area (TPSA) is 18.5 Å². The molecule has 2 heterocycles. The van der Waals surface area contributed by atoms with Crippen LogP contribution in [0.2, 0.25) is 0 Å². The number of rotatable bonds is 3. The van der Waals surface area contributed by atoms with E-state index in [0.29, 0.717) is 5.41 Å². The van der Waals surface area contributed by atoms with Gasteiger partial charge in [-0.05, 0) is 43.0 Å². The summed E-state index contributed by atoms with van der Waals surface area (Å²) in [6.45, 7) is 6.04. The van der Waals surface area contributed by atoms with Gasteiger partial charge in [0.05, 0.1) is 0 Å². The van der Waals surface area contributed by atoms with Gasteiger partial charge in [0.25, 0.3) is 0 Å². The summed E-state index contributed by atoms with van der Waals surface area (Å²) in [4.78, 5) is 4.85. The fourth-order valence-corrected chi connectivity index (χ4v) is 3.63. The Morgan fingerprint density at radius 3 is 2.84 bits per heavy atom. The number of nitrogens with one attached hydrogen (secondary N) is 1. The SMILES string of the molecule is CN(C)c1ccccc1CN1CCC2(CCNC2)C1. The Bertz CT molecular complexity index is 435. The molecular weight excluding hydrogens is 234 g/mol. The van der Waals surface area contributed by atoms with Crippen molar-refractivity contribution in [1.82, 2.24) is 10.2 Å². The van der Waals surface area contributed by atoms with Crippen LogP contribution in [0.25, 0.3) is 0 Å². The van der Waals surface area contributed by atoms with Crippen molar-refractivity contribution < 1.29 is 0 Å². The first-order valence-corrected chi connectivity index (χ1v) is 7.37. The predicted octanol–water partition coefficient (Wildman–Crippen LogP) is 1.94.